The fourth-order valence-corrected chi connectivity index (χ4v) is 2.60. The minimum Gasteiger partial charge on any atom is -0.321 e. The van der Waals surface area contributed by atoms with Crippen molar-refractivity contribution in [3.05, 3.63) is 70.3 Å². The maximum Gasteiger partial charge on any atom is 0.267 e. The van der Waals surface area contributed by atoms with Gasteiger partial charge in [0.25, 0.3) is 5.56 Å². The first kappa shape index (κ1) is 14.9. The Labute approximate surface area is 133 Å². The van der Waals surface area contributed by atoms with Gasteiger partial charge in [0.2, 0.25) is 0 Å². The molecule has 1 aromatic heterocycles. The topological polar surface area (TPSA) is 84.7 Å². The largest absolute Gasteiger partial charge is 0.321 e. The zero-order valence-electron chi connectivity index (χ0n) is 12.7. The molecule has 0 radical (unpaired) electrons. The van der Waals surface area contributed by atoms with Crippen LogP contribution in [-0.4, -0.2) is 9.55 Å². The Morgan fingerprint density at radius 1 is 1.22 bits per heavy atom. The van der Waals surface area contributed by atoms with Crippen molar-refractivity contribution in [3.8, 4) is 11.8 Å². The molecular weight excluding hydrogens is 288 g/mol. The number of benzene rings is 2. The summed E-state index contributed by atoms with van der Waals surface area (Å²) in [5, 5.41) is 9.62. The van der Waals surface area contributed by atoms with Crippen molar-refractivity contribution in [2.24, 2.45) is 5.73 Å². The minimum atomic E-state index is -0.363. The van der Waals surface area contributed by atoms with Crippen LogP contribution >= 0.6 is 0 Å². The Kier molecular flexibility index (Phi) is 3.92. The van der Waals surface area contributed by atoms with Crippen LogP contribution in [0.15, 0.2) is 53.3 Å². The zero-order chi connectivity index (χ0) is 16.4. The molecule has 0 spiro atoms. The van der Waals surface area contributed by atoms with E-state index in [1.54, 1.807) is 18.2 Å². The Hall–Kier alpha value is -2.97. The normalized spacial score (nSPS) is 12.0. The average Bonchev–Trinajstić information content (AvgIpc) is 2.60. The number of aromatic nitrogens is 2. The van der Waals surface area contributed by atoms with Gasteiger partial charge < -0.3 is 5.73 Å². The highest BCUT2D eigenvalue weighted by Crippen LogP contribution is 2.20. The van der Waals surface area contributed by atoms with Gasteiger partial charge in [-0.05, 0) is 30.7 Å². The summed E-state index contributed by atoms with van der Waals surface area (Å²) in [6.07, 6.45) is 0.655. The van der Waals surface area contributed by atoms with E-state index in [0.717, 1.165) is 0 Å². The SMILES string of the molecule is CC[C@H](N)c1nc2cccc(C#N)c2c(=O)n1-c1ccccc1. The molecule has 3 aromatic rings. The molecule has 1 heterocycles. The molecule has 2 aromatic carbocycles. The fraction of sp³-hybridized carbons (Fsp3) is 0.167. The molecule has 0 saturated heterocycles. The maximum atomic E-state index is 13.1. The standard InChI is InChI=1S/C18H16N4O/c1-2-14(20)17-21-15-10-6-7-12(11-19)16(15)18(23)22(17)13-8-4-3-5-9-13/h3-10,14H,2,20H2,1H3/t14-/m0/s1. The molecule has 1 atom stereocenters. The first-order chi connectivity index (χ1) is 11.2. The highest BCUT2D eigenvalue weighted by atomic mass is 16.1. The van der Waals surface area contributed by atoms with Crippen molar-refractivity contribution < 1.29 is 0 Å². The molecule has 5 nitrogen and oxygen atoms in total. The summed E-state index contributed by atoms with van der Waals surface area (Å²) in [7, 11) is 0. The van der Waals surface area contributed by atoms with Crippen LogP contribution in [0.3, 0.4) is 0 Å². The van der Waals surface area contributed by atoms with Gasteiger partial charge in [-0.1, -0.05) is 31.2 Å². The monoisotopic (exact) mass is 304 g/mol. The molecule has 0 aliphatic heterocycles. The highest BCUT2D eigenvalue weighted by Gasteiger charge is 2.18. The van der Waals surface area contributed by atoms with Gasteiger partial charge in [-0.15, -0.1) is 0 Å². The van der Waals surface area contributed by atoms with Gasteiger partial charge in [0.05, 0.1) is 28.2 Å². The molecule has 0 amide bonds. The first-order valence-corrected chi connectivity index (χ1v) is 7.44. The molecule has 0 aliphatic carbocycles. The van der Waals surface area contributed by atoms with Crippen molar-refractivity contribution in [2.75, 3.05) is 0 Å². The van der Waals surface area contributed by atoms with Gasteiger partial charge >= 0.3 is 0 Å². The molecule has 5 heteroatoms. The summed E-state index contributed by atoms with van der Waals surface area (Å²) < 4.78 is 1.51. The molecule has 0 unspecified atom stereocenters. The van der Waals surface area contributed by atoms with Crippen molar-refractivity contribution >= 4 is 10.9 Å². The summed E-state index contributed by atoms with van der Waals surface area (Å²) in [6, 6.07) is 16.0. The van der Waals surface area contributed by atoms with Crippen molar-refractivity contribution in [1.29, 1.82) is 5.26 Å². The number of fused-ring (bicyclic) bond motifs is 1. The van der Waals surface area contributed by atoms with Gasteiger partial charge in [-0.3, -0.25) is 9.36 Å². The second-order valence-electron chi connectivity index (χ2n) is 5.27. The van der Waals surface area contributed by atoms with Crippen LogP contribution in [0.4, 0.5) is 0 Å². The highest BCUT2D eigenvalue weighted by molar-refractivity contribution is 5.84. The van der Waals surface area contributed by atoms with Crippen LogP contribution in [0.1, 0.15) is 30.8 Å². The Morgan fingerprint density at radius 2 is 1.96 bits per heavy atom. The van der Waals surface area contributed by atoms with E-state index in [2.05, 4.69) is 11.1 Å². The Bertz CT molecular complexity index is 954. The lowest BCUT2D eigenvalue weighted by molar-refractivity contribution is 0.623. The third-order valence-corrected chi connectivity index (χ3v) is 3.83. The summed E-state index contributed by atoms with van der Waals surface area (Å²) in [4.78, 5) is 17.6. The lowest BCUT2D eigenvalue weighted by atomic mass is 10.1. The number of rotatable bonds is 3. The van der Waals surface area contributed by atoms with Crippen LogP contribution in [0.2, 0.25) is 0 Å². The number of nitriles is 1. The predicted molar refractivity (Wildman–Crippen MR) is 89.3 cm³/mol. The molecule has 3 rings (SSSR count). The second-order valence-corrected chi connectivity index (χ2v) is 5.27. The summed E-state index contributed by atoms with van der Waals surface area (Å²) in [5.41, 5.74) is 7.42. The van der Waals surface area contributed by atoms with Crippen LogP contribution in [0, 0.1) is 11.3 Å². The minimum absolute atomic E-state index is 0.266. The third kappa shape index (κ3) is 2.50. The van der Waals surface area contributed by atoms with E-state index < -0.39 is 0 Å². The number of hydrogen-bond donors (Lipinski definition) is 1. The molecule has 23 heavy (non-hydrogen) atoms. The van der Waals surface area contributed by atoms with Gasteiger partial charge in [-0.2, -0.15) is 5.26 Å². The van der Waals surface area contributed by atoms with Crippen LogP contribution in [0.5, 0.6) is 0 Å². The van der Waals surface area contributed by atoms with Crippen LogP contribution in [-0.2, 0) is 0 Å². The molecule has 2 N–H and O–H groups in total. The zero-order valence-corrected chi connectivity index (χ0v) is 12.7. The molecule has 114 valence electrons. The van der Waals surface area contributed by atoms with Crippen LogP contribution < -0.4 is 11.3 Å². The number of nitrogens with zero attached hydrogens (tertiary/aromatic N) is 3. The van der Waals surface area contributed by atoms with E-state index in [9.17, 15) is 10.1 Å². The first-order valence-electron chi connectivity index (χ1n) is 7.44. The van der Waals surface area contributed by atoms with E-state index in [4.69, 9.17) is 5.73 Å². The van der Waals surface area contributed by atoms with Crippen molar-refractivity contribution in [1.82, 2.24) is 9.55 Å². The maximum absolute atomic E-state index is 13.1. The van der Waals surface area contributed by atoms with Gasteiger partial charge in [0.1, 0.15) is 11.9 Å². The lowest BCUT2D eigenvalue weighted by Gasteiger charge is -2.17. The second kappa shape index (κ2) is 6.03. The Morgan fingerprint density at radius 3 is 2.61 bits per heavy atom. The van der Waals surface area contributed by atoms with Crippen LogP contribution in [0.25, 0.3) is 16.6 Å². The molecular formula is C18H16N4O. The number of hydrogen-bond acceptors (Lipinski definition) is 4. The van der Waals surface area contributed by atoms with Gasteiger partial charge in [-0.25, -0.2) is 4.98 Å². The van der Waals surface area contributed by atoms with E-state index >= 15 is 0 Å². The van der Waals surface area contributed by atoms with E-state index in [1.165, 1.54) is 4.57 Å². The van der Waals surface area contributed by atoms with E-state index in [-0.39, 0.29) is 11.6 Å². The summed E-state index contributed by atoms with van der Waals surface area (Å²) in [5.74, 6) is 0.506. The van der Waals surface area contributed by atoms with Crippen molar-refractivity contribution in [2.45, 2.75) is 19.4 Å². The number of nitrogens with two attached hydrogens (primary N) is 1. The quantitative estimate of drug-likeness (QED) is 0.806. The van der Waals surface area contributed by atoms with E-state index in [0.29, 0.717) is 34.4 Å². The summed E-state index contributed by atoms with van der Waals surface area (Å²) in [6.45, 7) is 1.95. The lowest BCUT2D eigenvalue weighted by Crippen LogP contribution is -2.28. The third-order valence-electron chi connectivity index (χ3n) is 3.83. The van der Waals surface area contributed by atoms with Gasteiger partial charge in [0.15, 0.2) is 0 Å². The molecule has 0 bridgehead atoms. The number of para-hydroxylation sites is 1. The van der Waals surface area contributed by atoms with E-state index in [1.807, 2.05) is 37.3 Å². The average molecular weight is 304 g/mol. The Balaban J connectivity index is 2.47. The van der Waals surface area contributed by atoms with Crippen molar-refractivity contribution in [3.63, 3.8) is 0 Å². The molecule has 0 saturated carbocycles. The summed E-state index contributed by atoms with van der Waals surface area (Å²) >= 11 is 0. The smallest absolute Gasteiger partial charge is 0.267 e. The molecule has 0 aliphatic rings. The van der Waals surface area contributed by atoms with Gasteiger partial charge in [0, 0.05) is 0 Å². The molecule has 0 fully saturated rings. The predicted octanol–water partition coefficient (Wildman–Crippen LogP) is 2.67. The fourth-order valence-electron chi connectivity index (χ4n) is 2.60.